The lowest BCUT2D eigenvalue weighted by Crippen LogP contribution is -2.11. The van der Waals surface area contributed by atoms with Crippen LogP contribution in [0.25, 0.3) is 0 Å². The summed E-state index contributed by atoms with van der Waals surface area (Å²) in [6, 6.07) is 10.3. The number of nitrogens with zero attached hydrogens (tertiary/aromatic N) is 1. The molecule has 0 aliphatic rings. The third kappa shape index (κ3) is 2.80. The molecule has 0 aliphatic carbocycles. The quantitative estimate of drug-likeness (QED) is 0.815. The minimum absolute atomic E-state index is 0.00379. The standard InChI is InChI=1S/C14H14ClNO2S/c1-10-6-7-11(2)12(9-10)14(15)19(17,18)13-5-3-4-8-16-13/h3-9,14H,1-2H3. The summed E-state index contributed by atoms with van der Waals surface area (Å²) in [6.45, 7) is 3.75. The minimum Gasteiger partial charge on any atom is -0.245 e. The van der Waals surface area contributed by atoms with Gasteiger partial charge in [0.25, 0.3) is 0 Å². The maximum absolute atomic E-state index is 12.4. The first-order chi connectivity index (χ1) is 8.93. The van der Waals surface area contributed by atoms with Crippen molar-refractivity contribution in [2.45, 2.75) is 23.6 Å². The predicted octanol–water partition coefficient (Wildman–Crippen LogP) is 3.41. The van der Waals surface area contributed by atoms with E-state index < -0.39 is 14.5 Å². The number of aromatic nitrogens is 1. The van der Waals surface area contributed by atoms with Gasteiger partial charge in [0.05, 0.1) is 0 Å². The van der Waals surface area contributed by atoms with Gasteiger partial charge in [0.1, 0.15) is 0 Å². The Bertz CT molecular complexity index is 684. The Morgan fingerprint density at radius 1 is 1.16 bits per heavy atom. The van der Waals surface area contributed by atoms with Gasteiger partial charge in [0, 0.05) is 6.20 Å². The molecule has 0 radical (unpaired) electrons. The van der Waals surface area contributed by atoms with Crippen LogP contribution in [0.15, 0.2) is 47.6 Å². The highest BCUT2D eigenvalue weighted by Gasteiger charge is 2.29. The molecule has 0 amide bonds. The van der Waals surface area contributed by atoms with Gasteiger partial charge in [-0.25, -0.2) is 13.4 Å². The third-order valence-corrected chi connectivity index (χ3v) is 5.44. The zero-order chi connectivity index (χ0) is 14.0. The molecule has 2 aromatic rings. The van der Waals surface area contributed by atoms with Crippen molar-refractivity contribution in [1.82, 2.24) is 4.98 Å². The number of hydrogen-bond donors (Lipinski definition) is 0. The fourth-order valence-electron chi connectivity index (χ4n) is 1.79. The maximum Gasteiger partial charge on any atom is 0.216 e. The Morgan fingerprint density at radius 3 is 2.53 bits per heavy atom. The van der Waals surface area contributed by atoms with Crippen molar-refractivity contribution in [3.8, 4) is 0 Å². The molecule has 1 aromatic carbocycles. The van der Waals surface area contributed by atoms with Crippen molar-refractivity contribution in [1.29, 1.82) is 0 Å². The number of aryl methyl sites for hydroxylation is 2. The van der Waals surface area contributed by atoms with Crippen molar-refractivity contribution >= 4 is 21.4 Å². The molecule has 0 saturated carbocycles. The van der Waals surface area contributed by atoms with E-state index in [9.17, 15) is 8.42 Å². The first-order valence-electron chi connectivity index (χ1n) is 5.79. The molecule has 1 heterocycles. The summed E-state index contributed by atoms with van der Waals surface area (Å²) in [7, 11) is -3.68. The fraction of sp³-hybridized carbons (Fsp3) is 0.214. The van der Waals surface area contributed by atoms with E-state index in [0.717, 1.165) is 11.1 Å². The molecule has 0 aliphatic heterocycles. The Kier molecular flexibility index (Phi) is 3.92. The fourth-order valence-corrected chi connectivity index (χ4v) is 3.58. The highest BCUT2D eigenvalue weighted by Crippen LogP contribution is 2.33. The highest BCUT2D eigenvalue weighted by molar-refractivity contribution is 7.92. The first-order valence-corrected chi connectivity index (χ1v) is 7.77. The molecule has 2 rings (SSSR count). The third-order valence-electron chi connectivity index (χ3n) is 2.88. The second-order valence-electron chi connectivity index (χ2n) is 4.39. The first kappa shape index (κ1) is 14.0. The van der Waals surface area contributed by atoms with Gasteiger partial charge in [0.15, 0.2) is 9.74 Å². The summed E-state index contributed by atoms with van der Waals surface area (Å²) in [5.41, 5.74) is 2.43. The topological polar surface area (TPSA) is 47.0 Å². The van der Waals surface area contributed by atoms with Gasteiger partial charge in [-0.1, -0.05) is 41.4 Å². The molecule has 1 aromatic heterocycles. The average molecular weight is 296 g/mol. The molecule has 0 bridgehead atoms. The summed E-state index contributed by atoms with van der Waals surface area (Å²) in [4.78, 5) is 3.88. The second-order valence-corrected chi connectivity index (χ2v) is 7.06. The van der Waals surface area contributed by atoms with E-state index in [0.29, 0.717) is 5.56 Å². The van der Waals surface area contributed by atoms with E-state index in [2.05, 4.69) is 4.98 Å². The predicted molar refractivity (Wildman–Crippen MR) is 75.9 cm³/mol. The van der Waals surface area contributed by atoms with Gasteiger partial charge in [-0.3, -0.25) is 0 Å². The Labute approximate surface area is 118 Å². The molecular formula is C14H14ClNO2S. The number of rotatable bonds is 3. The molecule has 3 nitrogen and oxygen atoms in total. The molecule has 0 N–H and O–H groups in total. The van der Waals surface area contributed by atoms with Crippen LogP contribution in [0.5, 0.6) is 0 Å². The van der Waals surface area contributed by atoms with E-state index in [-0.39, 0.29) is 5.03 Å². The Balaban J connectivity index is 2.50. The number of hydrogen-bond acceptors (Lipinski definition) is 3. The summed E-state index contributed by atoms with van der Waals surface area (Å²) >= 11 is 6.18. The summed E-state index contributed by atoms with van der Waals surface area (Å²) in [6.07, 6.45) is 1.44. The molecular weight excluding hydrogens is 282 g/mol. The summed E-state index contributed by atoms with van der Waals surface area (Å²) in [5, 5.41) is -0.00379. The Hall–Kier alpha value is -1.39. The molecule has 5 heteroatoms. The lowest BCUT2D eigenvalue weighted by molar-refractivity contribution is 0.590. The minimum atomic E-state index is -3.68. The number of pyridine rings is 1. The van der Waals surface area contributed by atoms with Crippen LogP contribution < -0.4 is 0 Å². The summed E-state index contributed by atoms with van der Waals surface area (Å²) in [5.74, 6) is 0. The number of alkyl halides is 1. The normalized spacial score (nSPS) is 13.2. The van der Waals surface area contributed by atoms with Gasteiger partial charge < -0.3 is 0 Å². The van der Waals surface area contributed by atoms with E-state index in [1.807, 2.05) is 26.0 Å². The van der Waals surface area contributed by atoms with Crippen LogP contribution in [0.2, 0.25) is 0 Å². The SMILES string of the molecule is Cc1ccc(C)c(C(Cl)S(=O)(=O)c2ccccn2)c1. The van der Waals surface area contributed by atoms with E-state index in [1.54, 1.807) is 18.2 Å². The molecule has 0 spiro atoms. The van der Waals surface area contributed by atoms with Crippen molar-refractivity contribution in [2.24, 2.45) is 0 Å². The van der Waals surface area contributed by atoms with Crippen molar-refractivity contribution < 1.29 is 8.42 Å². The van der Waals surface area contributed by atoms with Gasteiger partial charge in [-0.15, -0.1) is 0 Å². The maximum atomic E-state index is 12.4. The van der Waals surface area contributed by atoms with Crippen LogP contribution in [0.3, 0.4) is 0 Å². The largest absolute Gasteiger partial charge is 0.245 e. The van der Waals surface area contributed by atoms with E-state index >= 15 is 0 Å². The average Bonchev–Trinajstić information content (AvgIpc) is 2.41. The van der Waals surface area contributed by atoms with E-state index in [1.165, 1.54) is 12.3 Å². The van der Waals surface area contributed by atoms with Gasteiger partial charge >= 0.3 is 0 Å². The van der Waals surface area contributed by atoms with Crippen molar-refractivity contribution in [2.75, 3.05) is 0 Å². The number of halogens is 1. The molecule has 0 fully saturated rings. The van der Waals surface area contributed by atoms with Crippen LogP contribution in [-0.2, 0) is 9.84 Å². The van der Waals surface area contributed by atoms with Crippen LogP contribution in [0.4, 0.5) is 0 Å². The van der Waals surface area contributed by atoms with Gasteiger partial charge in [-0.05, 0) is 37.1 Å². The second kappa shape index (κ2) is 5.31. The van der Waals surface area contributed by atoms with Gasteiger partial charge in [0.2, 0.25) is 9.84 Å². The zero-order valence-electron chi connectivity index (χ0n) is 10.7. The van der Waals surface area contributed by atoms with Crippen molar-refractivity contribution in [3.05, 3.63) is 59.3 Å². The molecule has 1 unspecified atom stereocenters. The van der Waals surface area contributed by atoms with Crippen molar-refractivity contribution in [3.63, 3.8) is 0 Å². The smallest absolute Gasteiger partial charge is 0.216 e. The highest BCUT2D eigenvalue weighted by atomic mass is 35.5. The van der Waals surface area contributed by atoms with Crippen LogP contribution in [0, 0.1) is 13.8 Å². The molecule has 19 heavy (non-hydrogen) atoms. The Morgan fingerprint density at radius 2 is 1.89 bits per heavy atom. The lowest BCUT2D eigenvalue weighted by atomic mass is 10.1. The number of sulfone groups is 1. The van der Waals surface area contributed by atoms with Crippen LogP contribution in [0.1, 0.15) is 21.4 Å². The number of benzene rings is 1. The van der Waals surface area contributed by atoms with Gasteiger partial charge in [-0.2, -0.15) is 0 Å². The van der Waals surface area contributed by atoms with E-state index in [4.69, 9.17) is 11.6 Å². The molecule has 1 atom stereocenters. The lowest BCUT2D eigenvalue weighted by Gasteiger charge is -2.14. The molecule has 0 saturated heterocycles. The molecule has 100 valence electrons. The summed E-state index contributed by atoms with van der Waals surface area (Å²) < 4.78 is 23.7. The van der Waals surface area contributed by atoms with Crippen LogP contribution >= 0.6 is 11.6 Å². The monoisotopic (exact) mass is 295 g/mol. The zero-order valence-corrected chi connectivity index (χ0v) is 12.2. The van der Waals surface area contributed by atoms with Crippen LogP contribution in [-0.4, -0.2) is 13.4 Å².